The van der Waals surface area contributed by atoms with Crippen LogP contribution in [0.1, 0.15) is 20.8 Å². The molecule has 1 rings (SSSR count). The zero-order valence-corrected chi connectivity index (χ0v) is 8.17. The molecule has 11 heavy (non-hydrogen) atoms. The molecule has 1 atom stereocenters. The Morgan fingerprint density at radius 2 is 1.82 bits per heavy atom. The average molecular weight is 159 g/mol. The molecule has 1 aliphatic rings. The first-order valence-electron chi connectivity index (χ1n) is 4.40. The van der Waals surface area contributed by atoms with Crippen LogP contribution in [0.5, 0.6) is 0 Å². The maximum atomic E-state index is 5.65. The fourth-order valence-electron chi connectivity index (χ4n) is 1.15. The number of hydrogen-bond donors (Lipinski definition) is 1. The Labute approximate surface area is 70.1 Å². The van der Waals surface area contributed by atoms with Crippen LogP contribution in [-0.4, -0.2) is 42.6 Å². The molecule has 0 aliphatic carbocycles. The summed E-state index contributed by atoms with van der Waals surface area (Å²) in [6, 6.07) is 0.517. The third-order valence-corrected chi connectivity index (χ3v) is 1.88. The summed E-state index contributed by atoms with van der Waals surface area (Å²) >= 11 is 0. The molecule has 1 unspecified atom stereocenters. The lowest BCUT2D eigenvalue weighted by Gasteiger charge is -2.34. The number of rotatable bonds is 0. The molecular weight excluding hydrogens is 138 g/mol. The molecule has 0 aromatic heterocycles. The maximum absolute atomic E-state index is 5.65. The van der Waals surface area contributed by atoms with Gasteiger partial charge in [0.15, 0.2) is 0 Å². The summed E-state index contributed by atoms with van der Waals surface area (Å²) in [5, 5.41) is 1.90. The fourth-order valence-corrected chi connectivity index (χ4v) is 1.15. The molecule has 3 heteroatoms. The second-order valence-corrected chi connectivity index (χ2v) is 2.85. The van der Waals surface area contributed by atoms with Crippen LogP contribution in [0.25, 0.3) is 0 Å². The number of hydrogen-bond acceptors (Lipinski definition) is 3. The van der Waals surface area contributed by atoms with Crippen LogP contribution in [0.2, 0.25) is 0 Å². The predicted molar refractivity (Wildman–Crippen MR) is 49.2 cm³/mol. The van der Waals surface area contributed by atoms with Gasteiger partial charge in [-0.3, -0.25) is 5.84 Å². The van der Waals surface area contributed by atoms with E-state index < -0.39 is 0 Å². The molecule has 0 radical (unpaired) electrons. The molecule has 1 saturated heterocycles. The normalized spacial score (nSPS) is 27.5. The quantitative estimate of drug-likeness (QED) is 0.523. The van der Waals surface area contributed by atoms with Crippen LogP contribution >= 0.6 is 0 Å². The Balaban J connectivity index is 0.000000461. The van der Waals surface area contributed by atoms with Gasteiger partial charge in [-0.2, -0.15) is 0 Å². The van der Waals surface area contributed by atoms with Gasteiger partial charge in [0.05, 0.1) is 0 Å². The second kappa shape index (κ2) is 5.52. The molecule has 2 N–H and O–H groups in total. The van der Waals surface area contributed by atoms with Gasteiger partial charge in [-0.25, -0.2) is 5.01 Å². The number of nitrogens with zero attached hydrogens (tertiary/aromatic N) is 2. The molecule has 0 saturated carbocycles. The summed E-state index contributed by atoms with van der Waals surface area (Å²) in [5.74, 6) is 5.65. The first kappa shape index (κ1) is 10.9. The Morgan fingerprint density at radius 1 is 1.27 bits per heavy atom. The van der Waals surface area contributed by atoms with E-state index >= 15 is 0 Å². The maximum Gasteiger partial charge on any atom is 0.0340 e. The summed E-state index contributed by atoms with van der Waals surface area (Å²) in [6.07, 6.45) is 0. The van der Waals surface area contributed by atoms with Crippen molar-refractivity contribution in [3.8, 4) is 0 Å². The van der Waals surface area contributed by atoms with E-state index in [2.05, 4.69) is 18.9 Å². The highest BCUT2D eigenvalue weighted by molar-refractivity contribution is 4.72. The topological polar surface area (TPSA) is 32.5 Å². The third-order valence-electron chi connectivity index (χ3n) is 1.88. The molecule has 0 amide bonds. The highest BCUT2D eigenvalue weighted by atomic mass is 15.4. The van der Waals surface area contributed by atoms with E-state index in [1.807, 2.05) is 18.9 Å². The van der Waals surface area contributed by atoms with Crippen LogP contribution in [0.4, 0.5) is 0 Å². The zero-order chi connectivity index (χ0) is 8.85. The fraction of sp³-hybridized carbons (Fsp3) is 1.00. The summed E-state index contributed by atoms with van der Waals surface area (Å²) in [5.41, 5.74) is 0. The molecule has 1 fully saturated rings. The Morgan fingerprint density at radius 3 is 2.18 bits per heavy atom. The lowest BCUT2D eigenvalue weighted by Crippen LogP contribution is -2.53. The van der Waals surface area contributed by atoms with Crippen molar-refractivity contribution in [1.82, 2.24) is 9.91 Å². The van der Waals surface area contributed by atoms with Crippen LogP contribution in [0, 0.1) is 0 Å². The van der Waals surface area contributed by atoms with E-state index in [0.29, 0.717) is 6.04 Å². The summed E-state index contributed by atoms with van der Waals surface area (Å²) in [7, 11) is 2.13. The summed E-state index contributed by atoms with van der Waals surface area (Å²) in [6.45, 7) is 9.34. The van der Waals surface area contributed by atoms with Crippen molar-refractivity contribution in [2.45, 2.75) is 26.8 Å². The Kier molecular flexibility index (Phi) is 5.46. The van der Waals surface area contributed by atoms with Crippen molar-refractivity contribution >= 4 is 0 Å². The van der Waals surface area contributed by atoms with E-state index in [9.17, 15) is 0 Å². The minimum Gasteiger partial charge on any atom is -0.303 e. The van der Waals surface area contributed by atoms with Crippen molar-refractivity contribution in [3.63, 3.8) is 0 Å². The Hall–Kier alpha value is -0.120. The highest BCUT2D eigenvalue weighted by Crippen LogP contribution is 2.01. The molecule has 0 aromatic rings. The van der Waals surface area contributed by atoms with Crippen LogP contribution in [0.3, 0.4) is 0 Å². The van der Waals surface area contributed by atoms with Gasteiger partial charge >= 0.3 is 0 Å². The van der Waals surface area contributed by atoms with Gasteiger partial charge in [-0.15, -0.1) is 0 Å². The molecule has 0 aromatic carbocycles. The van der Waals surface area contributed by atoms with Crippen LogP contribution < -0.4 is 5.84 Å². The molecule has 1 heterocycles. The lowest BCUT2D eigenvalue weighted by molar-refractivity contribution is 0.101. The van der Waals surface area contributed by atoms with Gasteiger partial charge in [0.2, 0.25) is 0 Å². The lowest BCUT2D eigenvalue weighted by atomic mass is 10.2. The standard InChI is InChI=1S/C6H15N3.C2H6/c1-6-5-8(2)3-4-9(6)7;1-2/h6H,3-5,7H2,1-2H3;1-2H3. The average Bonchev–Trinajstić information content (AvgIpc) is 2.02. The molecular formula is C8H21N3. The van der Waals surface area contributed by atoms with Crippen molar-refractivity contribution in [1.29, 1.82) is 0 Å². The van der Waals surface area contributed by atoms with Gasteiger partial charge in [-0.1, -0.05) is 13.8 Å². The summed E-state index contributed by atoms with van der Waals surface area (Å²) in [4.78, 5) is 2.30. The third kappa shape index (κ3) is 3.70. The smallest absolute Gasteiger partial charge is 0.0340 e. The van der Waals surface area contributed by atoms with E-state index in [1.165, 1.54) is 0 Å². The van der Waals surface area contributed by atoms with Gasteiger partial charge in [0.1, 0.15) is 0 Å². The first-order valence-corrected chi connectivity index (χ1v) is 4.40. The zero-order valence-electron chi connectivity index (χ0n) is 8.17. The van der Waals surface area contributed by atoms with Gasteiger partial charge < -0.3 is 4.90 Å². The molecule has 0 spiro atoms. The number of hydrazine groups is 1. The largest absolute Gasteiger partial charge is 0.303 e. The highest BCUT2D eigenvalue weighted by Gasteiger charge is 2.17. The number of nitrogens with two attached hydrogens (primary N) is 1. The van der Waals surface area contributed by atoms with E-state index in [0.717, 1.165) is 19.6 Å². The first-order chi connectivity index (χ1) is 5.20. The Bertz CT molecular complexity index is 95.3. The van der Waals surface area contributed by atoms with Gasteiger partial charge in [0, 0.05) is 25.7 Å². The molecule has 3 nitrogen and oxygen atoms in total. The summed E-state index contributed by atoms with van der Waals surface area (Å²) < 4.78 is 0. The minimum atomic E-state index is 0.517. The van der Waals surface area contributed by atoms with Crippen molar-refractivity contribution in [2.24, 2.45) is 5.84 Å². The SMILES string of the molecule is CC.CC1CN(C)CCN1N. The van der Waals surface area contributed by atoms with Gasteiger partial charge in [0.25, 0.3) is 0 Å². The van der Waals surface area contributed by atoms with Crippen molar-refractivity contribution in [2.75, 3.05) is 26.7 Å². The molecule has 1 aliphatic heterocycles. The van der Waals surface area contributed by atoms with Crippen LogP contribution in [-0.2, 0) is 0 Å². The van der Waals surface area contributed by atoms with E-state index in [4.69, 9.17) is 5.84 Å². The van der Waals surface area contributed by atoms with Crippen molar-refractivity contribution < 1.29 is 0 Å². The second-order valence-electron chi connectivity index (χ2n) is 2.85. The minimum absolute atomic E-state index is 0.517. The van der Waals surface area contributed by atoms with E-state index in [-0.39, 0.29) is 0 Å². The number of likely N-dealkylation sites (N-methyl/N-ethyl adjacent to an activating group) is 1. The molecule has 0 bridgehead atoms. The monoisotopic (exact) mass is 159 g/mol. The van der Waals surface area contributed by atoms with E-state index in [1.54, 1.807) is 0 Å². The predicted octanol–water partition coefficient (Wildman–Crippen LogP) is 0.522. The van der Waals surface area contributed by atoms with Crippen molar-refractivity contribution in [3.05, 3.63) is 0 Å². The van der Waals surface area contributed by atoms with Crippen LogP contribution in [0.15, 0.2) is 0 Å². The number of piperazine rings is 1. The van der Waals surface area contributed by atoms with Gasteiger partial charge in [-0.05, 0) is 14.0 Å². The molecule has 68 valence electrons.